The number of aliphatic hydroxyl groups is 1. The summed E-state index contributed by atoms with van der Waals surface area (Å²) in [7, 11) is 1.82. The Balaban J connectivity index is 1.60. The molecule has 1 aliphatic carbocycles. The summed E-state index contributed by atoms with van der Waals surface area (Å²) in [4.78, 5) is 14.1. The second kappa shape index (κ2) is 7.00. The fourth-order valence-corrected chi connectivity index (χ4v) is 2.60. The first kappa shape index (κ1) is 16.4. The van der Waals surface area contributed by atoms with Crippen molar-refractivity contribution in [2.24, 2.45) is 7.05 Å². The lowest BCUT2D eigenvalue weighted by atomic mass is 10.1. The van der Waals surface area contributed by atoms with Crippen LogP contribution in [0.4, 0.5) is 9.18 Å². The molecule has 0 bridgehead atoms. The smallest absolute Gasteiger partial charge is 0.318 e. The van der Waals surface area contributed by atoms with Gasteiger partial charge < -0.3 is 15.3 Å². The first-order valence-electron chi connectivity index (χ1n) is 7.99. The molecule has 0 spiro atoms. The first-order chi connectivity index (χ1) is 11.5. The van der Waals surface area contributed by atoms with E-state index in [1.807, 2.05) is 13.1 Å². The van der Waals surface area contributed by atoms with Crippen LogP contribution in [0.5, 0.6) is 0 Å². The molecular formula is C17H21FN4O2. The molecule has 0 saturated heterocycles. The van der Waals surface area contributed by atoms with Gasteiger partial charge in [-0.2, -0.15) is 5.10 Å². The second-order valence-corrected chi connectivity index (χ2v) is 6.06. The molecule has 1 heterocycles. The lowest BCUT2D eigenvalue weighted by Crippen LogP contribution is -2.43. The fraction of sp³-hybridized carbons (Fsp3) is 0.412. The summed E-state index contributed by atoms with van der Waals surface area (Å²) < 4.78 is 14.7. The first-order valence-corrected chi connectivity index (χ1v) is 7.99. The van der Waals surface area contributed by atoms with Crippen LogP contribution >= 0.6 is 0 Å². The number of aryl methyl sites for hydroxylation is 1. The molecular weight excluding hydrogens is 311 g/mol. The largest absolute Gasteiger partial charge is 0.387 e. The number of carbonyl (C=O) groups is 1. The van der Waals surface area contributed by atoms with Crippen molar-refractivity contribution < 1.29 is 14.3 Å². The SMILES string of the molecule is Cn1nccc1CNC(=O)N(CC(O)c1ccc(F)cc1)C1CC1. The van der Waals surface area contributed by atoms with Crippen molar-refractivity contribution >= 4 is 6.03 Å². The molecule has 1 aromatic heterocycles. The van der Waals surface area contributed by atoms with Crippen molar-refractivity contribution in [2.45, 2.75) is 31.5 Å². The number of benzene rings is 1. The lowest BCUT2D eigenvalue weighted by molar-refractivity contribution is 0.117. The predicted octanol–water partition coefficient (Wildman–Crippen LogP) is 1.97. The van der Waals surface area contributed by atoms with Gasteiger partial charge in [0.1, 0.15) is 5.82 Å². The third-order valence-corrected chi connectivity index (χ3v) is 4.22. The summed E-state index contributed by atoms with van der Waals surface area (Å²) in [5, 5.41) is 17.3. The van der Waals surface area contributed by atoms with E-state index in [1.54, 1.807) is 27.9 Å². The minimum absolute atomic E-state index is 0.159. The van der Waals surface area contributed by atoms with Gasteiger partial charge in [0.05, 0.1) is 24.9 Å². The van der Waals surface area contributed by atoms with Crippen LogP contribution in [0.25, 0.3) is 0 Å². The van der Waals surface area contributed by atoms with E-state index in [2.05, 4.69) is 10.4 Å². The zero-order valence-electron chi connectivity index (χ0n) is 13.5. The number of urea groups is 1. The van der Waals surface area contributed by atoms with Crippen LogP contribution in [-0.2, 0) is 13.6 Å². The minimum Gasteiger partial charge on any atom is -0.387 e. The topological polar surface area (TPSA) is 70.4 Å². The molecule has 2 aromatic rings. The van der Waals surface area contributed by atoms with E-state index in [0.29, 0.717) is 12.1 Å². The molecule has 0 radical (unpaired) electrons. The van der Waals surface area contributed by atoms with E-state index in [1.165, 1.54) is 12.1 Å². The lowest BCUT2D eigenvalue weighted by Gasteiger charge is -2.25. The summed E-state index contributed by atoms with van der Waals surface area (Å²) >= 11 is 0. The zero-order valence-corrected chi connectivity index (χ0v) is 13.5. The number of aliphatic hydroxyl groups excluding tert-OH is 1. The molecule has 2 amide bonds. The Morgan fingerprint density at radius 3 is 2.71 bits per heavy atom. The van der Waals surface area contributed by atoms with Crippen molar-refractivity contribution in [2.75, 3.05) is 6.54 Å². The number of nitrogens with zero attached hydrogens (tertiary/aromatic N) is 3. The number of nitrogens with one attached hydrogen (secondary N) is 1. The van der Waals surface area contributed by atoms with Crippen LogP contribution in [0.2, 0.25) is 0 Å². The number of amides is 2. The average molecular weight is 332 g/mol. The van der Waals surface area contributed by atoms with E-state index in [-0.39, 0.29) is 24.4 Å². The van der Waals surface area contributed by atoms with Gasteiger partial charge in [0.25, 0.3) is 0 Å². The molecule has 6 nitrogen and oxygen atoms in total. The molecule has 1 unspecified atom stereocenters. The van der Waals surface area contributed by atoms with Crippen LogP contribution < -0.4 is 5.32 Å². The van der Waals surface area contributed by atoms with Gasteiger partial charge >= 0.3 is 6.03 Å². The molecule has 2 N–H and O–H groups in total. The second-order valence-electron chi connectivity index (χ2n) is 6.06. The molecule has 1 aromatic carbocycles. The number of rotatable bonds is 6. The maximum Gasteiger partial charge on any atom is 0.318 e. The maximum atomic E-state index is 13.0. The highest BCUT2D eigenvalue weighted by molar-refractivity contribution is 5.75. The van der Waals surface area contributed by atoms with Crippen LogP contribution in [0.15, 0.2) is 36.5 Å². The highest BCUT2D eigenvalue weighted by atomic mass is 19.1. The molecule has 7 heteroatoms. The highest BCUT2D eigenvalue weighted by Crippen LogP contribution is 2.29. The Bertz CT molecular complexity index is 697. The third-order valence-electron chi connectivity index (χ3n) is 4.22. The fourth-order valence-electron chi connectivity index (χ4n) is 2.60. The molecule has 24 heavy (non-hydrogen) atoms. The highest BCUT2D eigenvalue weighted by Gasteiger charge is 2.34. The normalized spacial score (nSPS) is 15.1. The molecule has 3 rings (SSSR count). The zero-order chi connectivity index (χ0) is 17.1. The number of aromatic nitrogens is 2. The van der Waals surface area contributed by atoms with Crippen LogP contribution in [0.3, 0.4) is 0 Å². The molecule has 1 aliphatic rings. The Kier molecular flexibility index (Phi) is 4.80. The molecule has 0 aliphatic heterocycles. The van der Waals surface area contributed by atoms with Crippen LogP contribution in [0.1, 0.15) is 30.2 Å². The number of halogens is 1. The summed E-state index contributed by atoms with van der Waals surface area (Å²) in [6.07, 6.45) is 2.72. The van der Waals surface area contributed by atoms with Gasteiger partial charge in [-0.3, -0.25) is 4.68 Å². The van der Waals surface area contributed by atoms with Crippen molar-refractivity contribution in [1.82, 2.24) is 20.0 Å². The van der Waals surface area contributed by atoms with E-state index < -0.39 is 6.10 Å². The van der Waals surface area contributed by atoms with E-state index in [9.17, 15) is 14.3 Å². The molecule has 1 atom stereocenters. The Labute approximate surface area is 139 Å². The summed E-state index contributed by atoms with van der Waals surface area (Å²) in [6, 6.07) is 7.49. The molecule has 1 saturated carbocycles. The monoisotopic (exact) mass is 332 g/mol. The Morgan fingerprint density at radius 1 is 1.42 bits per heavy atom. The van der Waals surface area contributed by atoms with E-state index in [4.69, 9.17) is 0 Å². The summed E-state index contributed by atoms with van der Waals surface area (Å²) in [5.74, 6) is -0.348. The summed E-state index contributed by atoms with van der Waals surface area (Å²) in [5.41, 5.74) is 1.50. The number of carbonyl (C=O) groups excluding carboxylic acids is 1. The number of hydrogen-bond acceptors (Lipinski definition) is 3. The van der Waals surface area contributed by atoms with Gasteiger partial charge in [-0.15, -0.1) is 0 Å². The average Bonchev–Trinajstić information content (AvgIpc) is 3.33. The molecule has 1 fully saturated rings. The van der Waals surface area contributed by atoms with Crippen molar-refractivity contribution in [1.29, 1.82) is 0 Å². The maximum absolute atomic E-state index is 13.0. The standard InChI is InChI=1S/C17H21FN4O2/c1-21-15(8-9-20-21)10-19-17(24)22(14-6-7-14)11-16(23)12-2-4-13(18)5-3-12/h2-5,8-9,14,16,23H,6-7,10-11H2,1H3,(H,19,24). The predicted molar refractivity (Wildman–Crippen MR) is 86.5 cm³/mol. The van der Waals surface area contributed by atoms with Gasteiger partial charge in [0.15, 0.2) is 0 Å². The van der Waals surface area contributed by atoms with Gasteiger partial charge in [0, 0.05) is 19.3 Å². The van der Waals surface area contributed by atoms with E-state index in [0.717, 1.165) is 18.5 Å². The third kappa shape index (κ3) is 3.91. The molecule has 128 valence electrons. The van der Waals surface area contributed by atoms with Crippen LogP contribution in [0, 0.1) is 5.82 Å². The number of hydrogen-bond donors (Lipinski definition) is 2. The Morgan fingerprint density at radius 2 is 2.12 bits per heavy atom. The summed E-state index contributed by atoms with van der Waals surface area (Å²) in [6.45, 7) is 0.568. The van der Waals surface area contributed by atoms with Gasteiger partial charge in [-0.25, -0.2) is 9.18 Å². The van der Waals surface area contributed by atoms with E-state index >= 15 is 0 Å². The van der Waals surface area contributed by atoms with Crippen molar-refractivity contribution in [3.8, 4) is 0 Å². The Hall–Kier alpha value is -2.41. The van der Waals surface area contributed by atoms with Gasteiger partial charge in [0.2, 0.25) is 0 Å². The van der Waals surface area contributed by atoms with Gasteiger partial charge in [-0.1, -0.05) is 12.1 Å². The van der Waals surface area contributed by atoms with Gasteiger partial charge in [-0.05, 0) is 36.6 Å². The minimum atomic E-state index is -0.839. The van der Waals surface area contributed by atoms with Crippen LogP contribution in [-0.4, -0.2) is 38.4 Å². The quantitative estimate of drug-likeness (QED) is 0.850. The van der Waals surface area contributed by atoms with Crippen molar-refractivity contribution in [3.05, 3.63) is 53.6 Å². The van der Waals surface area contributed by atoms with Crippen molar-refractivity contribution in [3.63, 3.8) is 0 Å².